The lowest BCUT2D eigenvalue weighted by atomic mass is 10.1. The second-order valence-electron chi connectivity index (χ2n) is 6.49. The van der Waals surface area contributed by atoms with Gasteiger partial charge in [-0.05, 0) is 41.5 Å². The Hall–Kier alpha value is -3.35. The van der Waals surface area contributed by atoms with Crippen molar-refractivity contribution in [3.05, 3.63) is 94.0 Å². The Bertz CT molecular complexity index is 1090. The summed E-state index contributed by atoms with van der Waals surface area (Å²) < 4.78 is 5.52. The molecule has 158 valence electrons. The monoisotopic (exact) mass is 455 g/mol. The van der Waals surface area contributed by atoms with Crippen LogP contribution in [0.4, 0.5) is 5.69 Å². The number of carbonyl (C=O) groups is 2. The first-order chi connectivity index (χ1) is 15.0. The lowest BCUT2D eigenvalue weighted by molar-refractivity contribution is -0.120. The molecule has 0 heterocycles. The highest BCUT2D eigenvalue weighted by atomic mass is 35.5. The summed E-state index contributed by atoms with van der Waals surface area (Å²) in [7, 11) is 0. The normalized spacial score (nSPS) is 10.6. The van der Waals surface area contributed by atoms with Gasteiger partial charge in [-0.2, -0.15) is 5.10 Å². The van der Waals surface area contributed by atoms with Gasteiger partial charge in [0.2, 0.25) is 5.91 Å². The van der Waals surface area contributed by atoms with Gasteiger partial charge in [0.1, 0.15) is 5.75 Å². The minimum absolute atomic E-state index is 0.186. The number of rotatable bonds is 8. The van der Waals surface area contributed by atoms with E-state index in [4.69, 9.17) is 27.9 Å². The van der Waals surface area contributed by atoms with E-state index in [9.17, 15) is 9.59 Å². The van der Waals surface area contributed by atoms with E-state index in [-0.39, 0.29) is 24.8 Å². The van der Waals surface area contributed by atoms with Gasteiger partial charge in [0.05, 0.1) is 22.7 Å². The average Bonchev–Trinajstić information content (AvgIpc) is 2.76. The summed E-state index contributed by atoms with van der Waals surface area (Å²) in [6.07, 6.45) is 1.75. The van der Waals surface area contributed by atoms with Crippen LogP contribution in [-0.4, -0.2) is 24.6 Å². The van der Waals surface area contributed by atoms with Crippen molar-refractivity contribution >= 4 is 46.9 Å². The smallest absolute Gasteiger partial charge is 0.262 e. The summed E-state index contributed by atoms with van der Waals surface area (Å²) in [6, 6.07) is 21.2. The number of hydrogen-bond donors (Lipinski definition) is 2. The summed E-state index contributed by atoms with van der Waals surface area (Å²) in [5.41, 5.74) is 4.63. The second kappa shape index (κ2) is 11.2. The first kappa shape index (κ1) is 22.3. The van der Waals surface area contributed by atoms with Crippen molar-refractivity contribution in [2.45, 2.75) is 6.42 Å². The quantitative estimate of drug-likeness (QED) is 0.381. The highest BCUT2D eigenvalue weighted by Gasteiger charge is 2.06. The fraction of sp³-hybridized carbons (Fsp3) is 0.0870. The molecule has 3 aromatic rings. The Kier molecular flexibility index (Phi) is 8.04. The van der Waals surface area contributed by atoms with Crippen LogP contribution < -0.4 is 15.5 Å². The van der Waals surface area contributed by atoms with Gasteiger partial charge in [0.15, 0.2) is 6.61 Å². The average molecular weight is 456 g/mol. The molecule has 2 amide bonds. The summed E-state index contributed by atoms with van der Waals surface area (Å²) in [5.74, 6) is -0.0664. The van der Waals surface area contributed by atoms with Crippen LogP contribution in [0.2, 0.25) is 10.0 Å². The van der Waals surface area contributed by atoms with Crippen molar-refractivity contribution in [3.63, 3.8) is 0 Å². The topological polar surface area (TPSA) is 79.8 Å². The molecule has 8 heteroatoms. The number of hydrogen-bond acceptors (Lipinski definition) is 4. The predicted molar refractivity (Wildman–Crippen MR) is 123 cm³/mol. The minimum atomic E-state index is -0.342. The first-order valence-electron chi connectivity index (χ1n) is 9.33. The van der Waals surface area contributed by atoms with Crippen molar-refractivity contribution in [1.82, 2.24) is 5.43 Å². The zero-order chi connectivity index (χ0) is 22.1. The molecule has 0 spiro atoms. The van der Waals surface area contributed by atoms with Crippen LogP contribution in [0, 0.1) is 0 Å². The predicted octanol–water partition coefficient (Wildman–Crippen LogP) is 4.70. The van der Waals surface area contributed by atoms with E-state index < -0.39 is 0 Å². The van der Waals surface area contributed by atoms with Crippen LogP contribution in [0.25, 0.3) is 0 Å². The maximum Gasteiger partial charge on any atom is 0.262 e. The molecule has 3 rings (SSSR count). The van der Waals surface area contributed by atoms with Crippen LogP contribution in [0.5, 0.6) is 5.75 Å². The number of nitrogens with zero attached hydrogens (tertiary/aromatic N) is 1. The lowest BCUT2D eigenvalue weighted by Crippen LogP contribution is -2.20. The maximum atomic E-state index is 12.1. The summed E-state index contributed by atoms with van der Waals surface area (Å²) in [5, 5.41) is 7.40. The SMILES string of the molecule is O=C(Cc1ccccc1)NN=Cc1cccc(OCC(=O)Nc2ccc(Cl)c(Cl)c2)c1. The molecule has 0 saturated carbocycles. The molecule has 0 radical (unpaired) electrons. The molecule has 0 aliphatic rings. The Balaban J connectivity index is 1.48. The molecule has 0 saturated heterocycles. The van der Waals surface area contributed by atoms with E-state index in [0.717, 1.165) is 5.56 Å². The molecule has 0 aromatic heterocycles. The lowest BCUT2D eigenvalue weighted by Gasteiger charge is -2.08. The van der Waals surface area contributed by atoms with Crippen molar-refractivity contribution in [2.75, 3.05) is 11.9 Å². The molecule has 0 bridgehead atoms. The van der Waals surface area contributed by atoms with Gasteiger partial charge in [-0.3, -0.25) is 9.59 Å². The molecule has 0 fully saturated rings. The zero-order valence-corrected chi connectivity index (χ0v) is 17.9. The molecule has 0 unspecified atom stereocenters. The van der Waals surface area contributed by atoms with Crippen LogP contribution in [0.3, 0.4) is 0 Å². The number of carbonyl (C=O) groups excluding carboxylic acids is 2. The van der Waals surface area contributed by atoms with Crippen LogP contribution in [0.1, 0.15) is 11.1 Å². The number of ether oxygens (including phenoxy) is 1. The highest BCUT2D eigenvalue weighted by molar-refractivity contribution is 6.42. The van der Waals surface area contributed by atoms with Gasteiger partial charge in [-0.25, -0.2) is 5.43 Å². The van der Waals surface area contributed by atoms with Gasteiger partial charge < -0.3 is 10.1 Å². The van der Waals surface area contributed by atoms with Gasteiger partial charge >= 0.3 is 0 Å². The molecule has 3 aromatic carbocycles. The third kappa shape index (κ3) is 7.44. The van der Waals surface area contributed by atoms with E-state index in [1.807, 2.05) is 30.3 Å². The molecule has 0 aliphatic carbocycles. The molecule has 0 aliphatic heterocycles. The maximum absolute atomic E-state index is 12.1. The van der Waals surface area contributed by atoms with Crippen molar-refractivity contribution in [1.29, 1.82) is 0 Å². The largest absolute Gasteiger partial charge is 0.484 e. The van der Waals surface area contributed by atoms with Crippen molar-refractivity contribution in [2.24, 2.45) is 5.10 Å². The number of nitrogens with one attached hydrogen (secondary N) is 2. The summed E-state index contributed by atoms with van der Waals surface area (Å²) in [4.78, 5) is 24.0. The number of halogens is 2. The molecule has 2 N–H and O–H groups in total. The fourth-order valence-corrected chi connectivity index (χ4v) is 2.90. The van der Waals surface area contributed by atoms with E-state index in [0.29, 0.717) is 27.0 Å². The van der Waals surface area contributed by atoms with E-state index in [2.05, 4.69) is 15.8 Å². The fourth-order valence-electron chi connectivity index (χ4n) is 2.60. The van der Waals surface area contributed by atoms with Crippen molar-refractivity contribution < 1.29 is 14.3 Å². The van der Waals surface area contributed by atoms with Crippen molar-refractivity contribution in [3.8, 4) is 5.75 Å². The molecule has 6 nitrogen and oxygen atoms in total. The second-order valence-corrected chi connectivity index (χ2v) is 7.31. The number of benzene rings is 3. The van der Waals surface area contributed by atoms with E-state index in [1.54, 1.807) is 42.5 Å². The van der Waals surface area contributed by atoms with Gasteiger partial charge in [-0.15, -0.1) is 0 Å². The number of hydrazone groups is 1. The van der Waals surface area contributed by atoms with Gasteiger partial charge in [0, 0.05) is 5.69 Å². The molecular weight excluding hydrogens is 437 g/mol. The standard InChI is InChI=1S/C23H19Cl2N3O3/c24-20-10-9-18(13-21(20)25)27-23(30)15-31-19-8-4-7-17(11-19)14-26-28-22(29)12-16-5-2-1-3-6-16/h1-11,13-14H,12,15H2,(H,27,30)(H,28,29). The van der Waals surface area contributed by atoms with Crippen LogP contribution in [-0.2, 0) is 16.0 Å². The van der Waals surface area contributed by atoms with Gasteiger partial charge in [0.25, 0.3) is 5.91 Å². The third-order valence-corrected chi connectivity index (χ3v) is 4.78. The Morgan fingerprint density at radius 1 is 0.903 bits per heavy atom. The Morgan fingerprint density at radius 3 is 2.48 bits per heavy atom. The third-order valence-electron chi connectivity index (χ3n) is 4.04. The van der Waals surface area contributed by atoms with E-state index in [1.165, 1.54) is 6.21 Å². The number of amides is 2. The minimum Gasteiger partial charge on any atom is -0.484 e. The zero-order valence-electron chi connectivity index (χ0n) is 16.3. The van der Waals surface area contributed by atoms with Gasteiger partial charge in [-0.1, -0.05) is 65.7 Å². The molecule has 31 heavy (non-hydrogen) atoms. The van der Waals surface area contributed by atoms with Crippen LogP contribution >= 0.6 is 23.2 Å². The molecular formula is C23H19Cl2N3O3. The summed E-state index contributed by atoms with van der Waals surface area (Å²) in [6.45, 7) is -0.186. The number of anilines is 1. The Labute approximate surface area is 189 Å². The summed E-state index contributed by atoms with van der Waals surface area (Å²) >= 11 is 11.8. The first-order valence-corrected chi connectivity index (χ1v) is 10.1. The van der Waals surface area contributed by atoms with E-state index >= 15 is 0 Å². The Morgan fingerprint density at radius 2 is 1.71 bits per heavy atom. The van der Waals surface area contributed by atoms with Crippen LogP contribution in [0.15, 0.2) is 77.9 Å². The molecule has 0 atom stereocenters. The highest BCUT2D eigenvalue weighted by Crippen LogP contribution is 2.25.